The summed E-state index contributed by atoms with van der Waals surface area (Å²) in [5.74, 6) is 0.303. The number of rotatable bonds is 7. The molecule has 0 bridgehead atoms. The van der Waals surface area contributed by atoms with E-state index in [1.165, 1.54) is 32.4 Å². The van der Waals surface area contributed by atoms with E-state index in [1.54, 1.807) is 37.4 Å². The fourth-order valence-electron chi connectivity index (χ4n) is 3.80. The van der Waals surface area contributed by atoms with Gasteiger partial charge in [0, 0.05) is 36.9 Å². The average molecular weight is 490 g/mol. The number of nitrogens with one attached hydrogen (secondary N) is 2. The van der Waals surface area contributed by atoms with E-state index >= 15 is 0 Å². The monoisotopic (exact) mass is 489 g/mol. The van der Waals surface area contributed by atoms with E-state index in [-0.39, 0.29) is 23.9 Å². The first-order valence-electron chi connectivity index (χ1n) is 10.2. The number of hydrogen-bond donors (Lipinski definition) is 3. The second-order valence-electron chi connectivity index (χ2n) is 7.63. The number of halogens is 1. The van der Waals surface area contributed by atoms with Crippen molar-refractivity contribution >= 4 is 23.2 Å². The Morgan fingerprint density at radius 2 is 2.09 bits per heavy atom. The minimum Gasteiger partial charge on any atom is -0.479 e. The Morgan fingerprint density at radius 1 is 1.38 bits per heavy atom. The van der Waals surface area contributed by atoms with Gasteiger partial charge in [-0.1, -0.05) is 29.8 Å². The van der Waals surface area contributed by atoms with Crippen LogP contribution in [0.25, 0.3) is 0 Å². The summed E-state index contributed by atoms with van der Waals surface area (Å²) >= 11 is 6.19. The van der Waals surface area contributed by atoms with Crippen molar-refractivity contribution in [1.82, 2.24) is 10.6 Å². The molecule has 1 aliphatic rings. The third kappa shape index (κ3) is 5.05. The molecular formula is C22H24ClN5O6. The van der Waals surface area contributed by atoms with Crippen LogP contribution < -0.4 is 15.4 Å². The normalized spacial score (nSPS) is 21.9. The lowest BCUT2D eigenvalue weighted by Gasteiger charge is -2.46. The number of aliphatic hydroxyl groups excluding tert-OH is 1. The van der Waals surface area contributed by atoms with Crippen LogP contribution in [0.4, 0.5) is 5.69 Å². The highest BCUT2D eigenvalue weighted by molar-refractivity contribution is 6.31. The maximum Gasteiger partial charge on any atom is 0.270 e. The lowest BCUT2D eigenvalue weighted by atomic mass is 9.84. The third-order valence-corrected chi connectivity index (χ3v) is 5.87. The summed E-state index contributed by atoms with van der Waals surface area (Å²) in [6.07, 6.45) is -0.523. The van der Waals surface area contributed by atoms with E-state index in [9.17, 15) is 20.5 Å². The molecule has 2 aromatic carbocycles. The first kappa shape index (κ1) is 25.2. The average Bonchev–Trinajstić information content (AvgIpc) is 2.81. The van der Waals surface area contributed by atoms with Crippen molar-refractivity contribution in [1.29, 1.82) is 5.26 Å². The molecule has 0 amide bonds. The quantitative estimate of drug-likeness (QED) is 0.101. The number of aliphatic imine (C=N–C) groups is 1. The number of benzene rings is 2. The maximum atomic E-state index is 11.4. The molecule has 34 heavy (non-hydrogen) atoms. The Bertz CT molecular complexity index is 1120. The van der Waals surface area contributed by atoms with E-state index in [0.29, 0.717) is 10.6 Å². The standard InChI is InChI=1S/C22H24ClN5O6/c1-22(20(32-2)33-3)19(29)18(15-10-14(28(30)31)8-9-17(15)34-22)27-21(26-12-24)25-11-13-6-4-5-7-16(13)23/h4-10,18-20,29H,11H2,1-3H3,(H2,25,26,27)/t18-,19-,22-/m0/s1. The molecule has 0 aliphatic carbocycles. The Balaban J connectivity index is 2.04. The molecule has 180 valence electrons. The number of non-ortho nitro benzene ring substituents is 1. The highest BCUT2D eigenvalue weighted by Gasteiger charge is 2.52. The van der Waals surface area contributed by atoms with Crippen LogP contribution in [0.15, 0.2) is 47.5 Å². The molecule has 0 unspecified atom stereocenters. The van der Waals surface area contributed by atoms with Crippen molar-refractivity contribution in [3.05, 3.63) is 68.7 Å². The summed E-state index contributed by atoms with van der Waals surface area (Å²) < 4.78 is 16.7. The van der Waals surface area contributed by atoms with Gasteiger partial charge in [-0.15, -0.1) is 0 Å². The van der Waals surface area contributed by atoms with Gasteiger partial charge in [-0.25, -0.2) is 4.99 Å². The summed E-state index contributed by atoms with van der Waals surface area (Å²) in [5.41, 5.74) is -0.585. The van der Waals surface area contributed by atoms with Crippen LogP contribution in [0, 0.1) is 21.6 Å². The summed E-state index contributed by atoms with van der Waals surface area (Å²) in [4.78, 5) is 15.2. The van der Waals surface area contributed by atoms with Crippen LogP contribution in [0.1, 0.15) is 24.1 Å². The van der Waals surface area contributed by atoms with Crippen molar-refractivity contribution in [2.45, 2.75) is 37.5 Å². The molecule has 0 fully saturated rings. The van der Waals surface area contributed by atoms with Gasteiger partial charge >= 0.3 is 0 Å². The SMILES string of the molecule is COC(OC)[C@@]1(C)Oc2ccc([N+](=O)[O-])cc2[C@H](NC(=NCc2ccccc2Cl)NC#N)[C@@H]1O. The molecule has 0 saturated carbocycles. The smallest absolute Gasteiger partial charge is 0.270 e. The first-order valence-corrected chi connectivity index (χ1v) is 10.5. The van der Waals surface area contributed by atoms with E-state index in [1.807, 2.05) is 0 Å². The summed E-state index contributed by atoms with van der Waals surface area (Å²) in [6, 6.07) is 10.1. The van der Waals surface area contributed by atoms with Crippen LogP contribution in [0.5, 0.6) is 5.75 Å². The zero-order chi connectivity index (χ0) is 24.9. The summed E-state index contributed by atoms with van der Waals surface area (Å²) in [7, 11) is 2.80. The van der Waals surface area contributed by atoms with Crippen molar-refractivity contribution in [2.24, 2.45) is 4.99 Å². The Morgan fingerprint density at radius 3 is 2.71 bits per heavy atom. The number of nitrogens with zero attached hydrogens (tertiary/aromatic N) is 3. The molecular weight excluding hydrogens is 466 g/mol. The molecule has 3 atom stereocenters. The number of aliphatic hydroxyl groups is 1. The van der Waals surface area contributed by atoms with Crippen LogP contribution in [-0.2, 0) is 16.0 Å². The summed E-state index contributed by atoms with van der Waals surface area (Å²) in [5, 5.41) is 37.9. The maximum absolute atomic E-state index is 11.4. The van der Waals surface area contributed by atoms with Crippen LogP contribution in [-0.4, -0.2) is 48.2 Å². The number of nitriles is 1. The lowest BCUT2D eigenvalue weighted by molar-refractivity contribution is -0.385. The molecule has 0 spiro atoms. The predicted molar refractivity (Wildman–Crippen MR) is 123 cm³/mol. The Hall–Kier alpha value is -3.43. The van der Waals surface area contributed by atoms with Gasteiger partial charge in [0.15, 0.2) is 18.1 Å². The molecule has 0 radical (unpaired) electrons. The van der Waals surface area contributed by atoms with Gasteiger partial charge in [0.1, 0.15) is 11.9 Å². The minimum atomic E-state index is -1.41. The van der Waals surface area contributed by atoms with Crippen LogP contribution in [0.2, 0.25) is 5.02 Å². The molecule has 0 aromatic heterocycles. The molecule has 3 N–H and O–H groups in total. The fraction of sp³-hybridized carbons (Fsp3) is 0.364. The van der Waals surface area contributed by atoms with E-state index in [2.05, 4.69) is 15.6 Å². The molecule has 0 saturated heterocycles. The second kappa shape index (κ2) is 10.7. The number of fused-ring (bicyclic) bond motifs is 1. The second-order valence-corrected chi connectivity index (χ2v) is 8.04. The minimum absolute atomic E-state index is 0.0274. The predicted octanol–water partition coefficient (Wildman–Crippen LogP) is 2.64. The van der Waals surface area contributed by atoms with Crippen LogP contribution in [0.3, 0.4) is 0 Å². The number of hydrogen-bond acceptors (Lipinski definition) is 8. The zero-order valence-corrected chi connectivity index (χ0v) is 19.4. The van der Waals surface area contributed by atoms with Crippen molar-refractivity contribution < 1.29 is 24.2 Å². The van der Waals surface area contributed by atoms with E-state index < -0.39 is 29.0 Å². The van der Waals surface area contributed by atoms with Gasteiger partial charge in [-0.3, -0.25) is 15.4 Å². The molecule has 1 heterocycles. The van der Waals surface area contributed by atoms with Gasteiger partial charge < -0.3 is 24.6 Å². The molecule has 1 aliphatic heterocycles. The van der Waals surface area contributed by atoms with Gasteiger partial charge in [0.25, 0.3) is 5.69 Å². The number of guanidine groups is 1. The van der Waals surface area contributed by atoms with Gasteiger partial charge in [-0.05, 0) is 24.6 Å². The molecule has 3 rings (SSSR count). The number of methoxy groups -OCH3 is 2. The Kier molecular flexibility index (Phi) is 7.90. The highest BCUT2D eigenvalue weighted by Crippen LogP contribution is 2.43. The molecule has 2 aromatic rings. The Labute approximate surface area is 201 Å². The highest BCUT2D eigenvalue weighted by atomic mass is 35.5. The largest absolute Gasteiger partial charge is 0.479 e. The topological polar surface area (TPSA) is 151 Å². The van der Waals surface area contributed by atoms with Gasteiger partial charge in [0.2, 0.25) is 5.96 Å². The van der Waals surface area contributed by atoms with Crippen molar-refractivity contribution in [3.8, 4) is 11.9 Å². The van der Waals surface area contributed by atoms with E-state index in [0.717, 1.165) is 5.56 Å². The van der Waals surface area contributed by atoms with Crippen LogP contribution >= 0.6 is 11.6 Å². The number of nitro groups is 1. The summed E-state index contributed by atoms with van der Waals surface area (Å²) in [6.45, 7) is 1.72. The molecule has 11 nitrogen and oxygen atoms in total. The van der Waals surface area contributed by atoms with Gasteiger partial charge in [-0.2, -0.15) is 5.26 Å². The number of nitro benzene ring substituents is 1. The zero-order valence-electron chi connectivity index (χ0n) is 18.7. The molecule has 12 heteroatoms. The van der Waals surface area contributed by atoms with Gasteiger partial charge in [0.05, 0.1) is 17.5 Å². The van der Waals surface area contributed by atoms with Crippen molar-refractivity contribution in [3.63, 3.8) is 0 Å². The number of ether oxygens (including phenoxy) is 3. The third-order valence-electron chi connectivity index (χ3n) is 5.50. The lowest BCUT2D eigenvalue weighted by Crippen LogP contribution is -2.62. The fourth-order valence-corrected chi connectivity index (χ4v) is 4.00. The first-order chi connectivity index (χ1) is 16.2. The van der Waals surface area contributed by atoms with E-state index in [4.69, 9.17) is 25.8 Å². The van der Waals surface area contributed by atoms with Crippen molar-refractivity contribution in [2.75, 3.05) is 14.2 Å².